The van der Waals surface area contributed by atoms with E-state index in [9.17, 15) is 0 Å². The van der Waals surface area contributed by atoms with Crippen molar-refractivity contribution in [3.8, 4) is 5.75 Å². The molecular formula is C17H24N2O. The average Bonchev–Trinajstić information content (AvgIpc) is 2.48. The van der Waals surface area contributed by atoms with Crippen LogP contribution in [0.1, 0.15) is 25.3 Å². The van der Waals surface area contributed by atoms with Gasteiger partial charge in [-0.25, -0.2) is 0 Å². The van der Waals surface area contributed by atoms with Crippen molar-refractivity contribution in [3.63, 3.8) is 0 Å². The van der Waals surface area contributed by atoms with E-state index in [1.807, 2.05) is 30.3 Å². The molecule has 0 bridgehead atoms. The number of anilines is 2. The number of para-hydroxylation sites is 2. The molecule has 2 aromatic carbocycles. The summed E-state index contributed by atoms with van der Waals surface area (Å²) < 4.78 is 4.92. The summed E-state index contributed by atoms with van der Waals surface area (Å²) in [6.45, 7) is 2.21. The highest BCUT2D eigenvalue weighted by atomic mass is 16.5. The molecule has 4 N–H and O–H groups in total. The smallest absolute Gasteiger partial charge is 0.141 e. The summed E-state index contributed by atoms with van der Waals surface area (Å²) in [5, 5.41) is 0. The Morgan fingerprint density at radius 1 is 0.950 bits per heavy atom. The van der Waals surface area contributed by atoms with Crippen molar-refractivity contribution in [3.05, 3.63) is 54.1 Å². The first-order chi connectivity index (χ1) is 9.67. The molecule has 0 fully saturated rings. The lowest BCUT2D eigenvalue weighted by Gasteiger charge is -2.00. The Bertz CT molecular complexity index is 495. The Kier molecular flexibility index (Phi) is 7.04. The minimum atomic E-state index is 0.681. The summed E-state index contributed by atoms with van der Waals surface area (Å²) in [6.07, 6.45) is 3.70. The summed E-state index contributed by atoms with van der Waals surface area (Å²) in [5.41, 5.74) is 14.0. The van der Waals surface area contributed by atoms with Crippen LogP contribution in [0.5, 0.6) is 5.75 Å². The maximum Gasteiger partial charge on any atom is 0.141 e. The number of hydrogen-bond donors (Lipinski definition) is 2. The van der Waals surface area contributed by atoms with Crippen LogP contribution in [0.15, 0.2) is 48.5 Å². The van der Waals surface area contributed by atoms with Crippen molar-refractivity contribution >= 4 is 11.4 Å². The first-order valence-corrected chi connectivity index (χ1v) is 6.90. The number of nitrogens with two attached hydrogens (primary N) is 2. The first-order valence-electron chi connectivity index (χ1n) is 6.90. The molecule has 20 heavy (non-hydrogen) atoms. The summed E-state index contributed by atoms with van der Waals surface area (Å²) in [7, 11) is 1.60. The van der Waals surface area contributed by atoms with E-state index < -0.39 is 0 Å². The summed E-state index contributed by atoms with van der Waals surface area (Å²) in [6, 6.07) is 15.5. The van der Waals surface area contributed by atoms with Gasteiger partial charge in [0.1, 0.15) is 5.75 Å². The molecule has 0 atom stereocenters. The number of benzene rings is 2. The molecule has 0 amide bonds. The molecule has 0 saturated carbocycles. The van der Waals surface area contributed by atoms with E-state index in [0.29, 0.717) is 5.69 Å². The monoisotopic (exact) mass is 272 g/mol. The highest BCUT2D eigenvalue weighted by molar-refractivity contribution is 5.51. The second-order valence-corrected chi connectivity index (χ2v) is 4.59. The van der Waals surface area contributed by atoms with Crippen LogP contribution in [0.3, 0.4) is 0 Å². The number of nitrogen functional groups attached to an aromatic ring is 2. The Morgan fingerprint density at radius 3 is 2.10 bits per heavy atom. The normalized spacial score (nSPS) is 9.50. The average molecular weight is 272 g/mol. The third kappa shape index (κ3) is 5.65. The summed E-state index contributed by atoms with van der Waals surface area (Å²) in [4.78, 5) is 0. The minimum absolute atomic E-state index is 0.681. The fourth-order valence-electron chi connectivity index (χ4n) is 1.73. The van der Waals surface area contributed by atoms with E-state index in [0.717, 1.165) is 11.4 Å². The molecule has 0 aliphatic rings. The molecule has 2 aromatic rings. The highest BCUT2D eigenvalue weighted by Crippen LogP contribution is 2.18. The van der Waals surface area contributed by atoms with Crippen molar-refractivity contribution in [2.75, 3.05) is 18.6 Å². The van der Waals surface area contributed by atoms with Crippen LogP contribution in [-0.2, 0) is 6.42 Å². The van der Waals surface area contributed by atoms with Gasteiger partial charge in [-0.2, -0.15) is 0 Å². The van der Waals surface area contributed by atoms with Gasteiger partial charge < -0.3 is 16.2 Å². The SMILES string of the molecule is CCCCc1ccc(N)cc1.COc1ccccc1N. The molecule has 2 rings (SSSR count). The highest BCUT2D eigenvalue weighted by Gasteiger charge is 1.92. The molecule has 0 spiro atoms. The van der Waals surface area contributed by atoms with E-state index in [1.54, 1.807) is 13.2 Å². The van der Waals surface area contributed by atoms with E-state index in [1.165, 1.54) is 24.8 Å². The van der Waals surface area contributed by atoms with Crippen molar-refractivity contribution in [1.82, 2.24) is 0 Å². The van der Waals surface area contributed by atoms with E-state index >= 15 is 0 Å². The molecule has 0 aromatic heterocycles. The van der Waals surface area contributed by atoms with Crippen LogP contribution in [0.4, 0.5) is 11.4 Å². The molecule has 0 radical (unpaired) electrons. The van der Waals surface area contributed by atoms with Gasteiger partial charge in [-0.15, -0.1) is 0 Å². The lowest BCUT2D eigenvalue weighted by molar-refractivity contribution is 0.417. The second kappa shape index (κ2) is 8.86. The molecule has 3 heteroatoms. The molecule has 0 aliphatic heterocycles. The molecule has 0 unspecified atom stereocenters. The fourth-order valence-corrected chi connectivity index (χ4v) is 1.73. The third-order valence-electron chi connectivity index (χ3n) is 2.94. The van der Waals surface area contributed by atoms with Crippen LogP contribution in [0.2, 0.25) is 0 Å². The molecule has 3 nitrogen and oxygen atoms in total. The molecular weight excluding hydrogens is 248 g/mol. The maximum atomic E-state index is 5.56. The van der Waals surface area contributed by atoms with E-state index in [2.05, 4.69) is 19.1 Å². The van der Waals surface area contributed by atoms with E-state index in [-0.39, 0.29) is 0 Å². The van der Waals surface area contributed by atoms with Gasteiger partial charge in [0, 0.05) is 5.69 Å². The van der Waals surface area contributed by atoms with Gasteiger partial charge in [0.25, 0.3) is 0 Å². The minimum Gasteiger partial charge on any atom is -0.495 e. The summed E-state index contributed by atoms with van der Waals surface area (Å²) >= 11 is 0. The lowest BCUT2D eigenvalue weighted by Crippen LogP contribution is -1.89. The van der Waals surface area contributed by atoms with E-state index in [4.69, 9.17) is 16.2 Å². The standard InChI is InChI=1S/C10H15N.C7H9NO/c1-2-3-4-9-5-7-10(11)8-6-9;1-9-7-5-3-2-4-6(7)8/h5-8H,2-4,11H2,1H3;2-5H,8H2,1H3. The Labute approximate surface area is 121 Å². The van der Waals surface area contributed by atoms with Crippen LogP contribution >= 0.6 is 0 Å². The summed E-state index contributed by atoms with van der Waals surface area (Å²) in [5.74, 6) is 0.734. The van der Waals surface area contributed by atoms with Gasteiger partial charge in [-0.05, 0) is 42.7 Å². The zero-order chi connectivity index (χ0) is 14.8. The Hall–Kier alpha value is -2.16. The number of aryl methyl sites for hydroxylation is 1. The third-order valence-corrected chi connectivity index (χ3v) is 2.94. The van der Waals surface area contributed by atoms with Crippen LogP contribution in [-0.4, -0.2) is 7.11 Å². The predicted molar refractivity (Wildman–Crippen MR) is 86.9 cm³/mol. The molecule has 0 aliphatic carbocycles. The van der Waals surface area contributed by atoms with Gasteiger partial charge >= 0.3 is 0 Å². The first kappa shape index (κ1) is 15.9. The van der Waals surface area contributed by atoms with Gasteiger partial charge in [-0.3, -0.25) is 0 Å². The van der Waals surface area contributed by atoms with Crippen LogP contribution in [0.25, 0.3) is 0 Å². The van der Waals surface area contributed by atoms with Crippen molar-refractivity contribution in [1.29, 1.82) is 0 Å². The van der Waals surface area contributed by atoms with Crippen LogP contribution in [0, 0.1) is 0 Å². The van der Waals surface area contributed by atoms with Crippen molar-refractivity contribution < 1.29 is 4.74 Å². The number of rotatable bonds is 4. The molecule has 0 saturated heterocycles. The van der Waals surface area contributed by atoms with Gasteiger partial charge in [0.15, 0.2) is 0 Å². The molecule has 108 valence electrons. The second-order valence-electron chi connectivity index (χ2n) is 4.59. The largest absolute Gasteiger partial charge is 0.495 e. The quantitative estimate of drug-likeness (QED) is 0.830. The maximum absolute atomic E-state index is 5.56. The zero-order valence-corrected chi connectivity index (χ0v) is 12.3. The molecule has 0 heterocycles. The lowest BCUT2D eigenvalue weighted by atomic mass is 10.1. The van der Waals surface area contributed by atoms with Crippen molar-refractivity contribution in [2.45, 2.75) is 26.2 Å². The predicted octanol–water partition coefficient (Wildman–Crippen LogP) is 3.89. The number of methoxy groups -OCH3 is 1. The Morgan fingerprint density at radius 2 is 1.60 bits per heavy atom. The number of ether oxygens (including phenoxy) is 1. The number of unbranched alkanes of at least 4 members (excludes halogenated alkanes) is 1. The van der Waals surface area contributed by atoms with Gasteiger partial charge in [0.05, 0.1) is 12.8 Å². The Balaban J connectivity index is 0.000000204. The van der Waals surface area contributed by atoms with Gasteiger partial charge in [0.2, 0.25) is 0 Å². The zero-order valence-electron chi connectivity index (χ0n) is 12.3. The van der Waals surface area contributed by atoms with Crippen LogP contribution < -0.4 is 16.2 Å². The number of hydrogen-bond acceptors (Lipinski definition) is 3. The topological polar surface area (TPSA) is 61.3 Å². The van der Waals surface area contributed by atoms with Crippen molar-refractivity contribution in [2.24, 2.45) is 0 Å². The fraction of sp³-hybridized carbons (Fsp3) is 0.294. The van der Waals surface area contributed by atoms with Gasteiger partial charge in [-0.1, -0.05) is 37.6 Å².